The molecule has 1 saturated heterocycles. The van der Waals surface area contributed by atoms with Crippen LogP contribution < -0.4 is 10.1 Å². The Kier molecular flexibility index (Phi) is 6.83. The smallest absolute Gasteiger partial charge is 0.243 e. The van der Waals surface area contributed by atoms with Crippen molar-refractivity contribution < 1.29 is 17.9 Å². The Labute approximate surface area is 191 Å². The molecule has 0 saturated carbocycles. The zero-order chi connectivity index (χ0) is 22.6. The van der Waals surface area contributed by atoms with Crippen molar-refractivity contribution in [3.05, 3.63) is 59.2 Å². The standard InChI is InChI=1S/C22H24N4O4S2/c1-30-18-2-4-19(5-3-18)32(28,29)26-12-8-17(9-13-26)22(27)24-14-21-25-20(15-31-21)16-6-10-23-11-7-16/h2-7,10-11,15,17H,8-9,12-14H2,1H3,(H,24,27). The van der Waals surface area contributed by atoms with Crippen molar-refractivity contribution in [2.24, 2.45) is 5.92 Å². The molecular weight excluding hydrogens is 448 g/mol. The van der Waals surface area contributed by atoms with E-state index in [0.717, 1.165) is 16.3 Å². The molecule has 0 unspecified atom stereocenters. The average molecular weight is 473 g/mol. The van der Waals surface area contributed by atoms with Gasteiger partial charge in [0, 0.05) is 42.3 Å². The number of ether oxygens (including phenoxy) is 1. The third kappa shape index (κ3) is 4.98. The Bertz CT molecular complexity index is 1160. The van der Waals surface area contributed by atoms with Crippen LogP contribution in [0.3, 0.4) is 0 Å². The summed E-state index contributed by atoms with van der Waals surface area (Å²) in [5, 5.41) is 5.73. The minimum absolute atomic E-state index is 0.0628. The first-order chi connectivity index (χ1) is 15.5. The molecule has 1 aliphatic rings. The van der Waals surface area contributed by atoms with E-state index in [1.807, 2.05) is 17.5 Å². The number of sulfonamides is 1. The minimum Gasteiger partial charge on any atom is -0.497 e. The maximum Gasteiger partial charge on any atom is 0.243 e. The second kappa shape index (κ2) is 9.76. The summed E-state index contributed by atoms with van der Waals surface area (Å²) in [5.41, 5.74) is 1.85. The lowest BCUT2D eigenvalue weighted by atomic mass is 9.97. The molecule has 0 atom stereocenters. The topological polar surface area (TPSA) is 101 Å². The number of benzene rings is 1. The molecule has 1 fully saturated rings. The Hall–Kier alpha value is -2.82. The van der Waals surface area contributed by atoms with E-state index in [4.69, 9.17) is 4.74 Å². The van der Waals surface area contributed by atoms with Crippen LogP contribution in [0, 0.1) is 5.92 Å². The number of hydrogen-bond acceptors (Lipinski definition) is 7. The molecule has 10 heteroatoms. The van der Waals surface area contributed by atoms with E-state index < -0.39 is 10.0 Å². The van der Waals surface area contributed by atoms with Crippen LogP contribution in [-0.2, 0) is 21.4 Å². The molecule has 1 amide bonds. The number of pyridine rings is 1. The number of piperidine rings is 1. The quantitative estimate of drug-likeness (QED) is 0.567. The number of aromatic nitrogens is 2. The van der Waals surface area contributed by atoms with Gasteiger partial charge in [-0.05, 0) is 49.2 Å². The first kappa shape index (κ1) is 22.4. The molecule has 3 aromatic rings. The lowest BCUT2D eigenvalue weighted by molar-refractivity contribution is -0.126. The van der Waals surface area contributed by atoms with Gasteiger partial charge in [-0.25, -0.2) is 13.4 Å². The number of carbonyl (C=O) groups is 1. The molecule has 2 aromatic heterocycles. The van der Waals surface area contributed by atoms with Gasteiger partial charge in [0.25, 0.3) is 0 Å². The van der Waals surface area contributed by atoms with E-state index in [1.165, 1.54) is 22.8 Å². The summed E-state index contributed by atoms with van der Waals surface area (Å²) in [6.45, 7) is 0.991. The predicted molar refractivity (Wildman–Crippen MR) is 122 cm³/mol. The largest absolute Gasteiger partial charge is 0.497 e. The lowest BCUT2D eigenvalue weighted by Gasteiger charge is -2.30. The molecule has 8 nitrogen and oxygen atoms in total. The zero-order valence-corrected chi connectivity index (χ0v) is 19.2. The van der Waals surface area contributed by atoms with Gasteiger partial charge in [0.05, 0.1) is 24.2 Å². The Morgan fingerprint density at radius 3 is 2.50 bits per heavy atom. The highest BCUT2D eigenvalue weighted by atomic mass is 32.2. The molecule has 1 aromatic carbocycles. The molecular formula is C22H24N4O4S2. The highest BCUT2D eigenvalue weighted by Crippen LogP contribution is 2.26. The molecule has 4 rings (SSSR count). The monoisotopic (exact) mass is 472 g/mol. The first-order valence-corrected chi connectivity index (χ1v) is 12.6. The van der Waals surface area contributed by atoms with Crippen molar-refractivity contribution >= 4 is 27.3 Å². The summed E-state index contributed by atoms with van der Waals surface area (Å²) < 4.78 is 32.3. The number of rotatable bonds is 7. The van der Waals surface area contributed by atoms with Gasteiger partial charge in [-0.3, -0.25) is 9.78 Å². The van der Waals surface area contributed by atoms with Crippen LogP contribution in [0.25, 0.3) is 11.3 Å². The van der Waals surface area contributed by atoms with Crippen molar-refractivity contribution in [1.29, 1.82) is 0 Å². The van der Waals surface area contributed by atoms with E-state index in [2.05, 4.69) is 15.3 Å². The van der Waals surface area contributed by atoms with Gasteiger partial charge < -0.3 is 10.1 Å². The van der Waals surface area contributed by atoms with Crippen LogP contribution in [0.4, 0.5) is 0 Å². The van der Waals surface area contributed by atoms with E-state index >= 15 is 0 Å². The van der Waals surface area contributed by atoms with Crippen LogP contribution in [0.1, 0.15) is 17.8 Å². The van der Waals surface area contributed by atoms with Crippen molar-refractivity contribution in [2.45, 2.75) is 24.3 Å². The fourth-order valence-corrected chi connectivity index (χ4v) is 5.82. The summed E-state index contributed by atoms with van der Waals surface area (Å²) in [4.78, 5) is 21.4. The summed E-state index contributed by atoms with van der Waals surface area (Å²) >= 11 is 1.49. The van der Waals surface area contributed by atoms with Gasteiger partial charge in [-0.2, -0.15) is 4.31 Å². The number of carbonyl (C=O) groups excluding carboxylic acids is 1. The van der Waals surface area contributed by atoms with Crippen LogP contribution in [0.2, 0.25) is 0 Å². The van der Waals surface area contributed by atoms with Crippen molar-refractivity contribution in [2.75, 3.05) is 20.2 Å². The molecule has 0 spiro atoms. The summed E-state index contributed by atoms with van der Waals surface area (Å²) in [7, 11) is -2.05. The van der Waals surface area contributed by atoms with Gasteiger partial charge in [-0.1, -0.05) is 0 Å². The third-order valence-corrected chi connectivity index (χ3v) is 8.23. The Balaban J connectivity index is 1.29. The summed E-state index contributed by atoms with van der Waals surface area (Å²) in [6.07, 6.45) is 4.41. The predicted octanol–water partition coefficient (Wildman–Crippen LogP) is 2.93. The second-order valence-corrected chi connectivity index (χ2v) is 10.3. The highest BCUT2D eigenvalue weighted by Gasteiger charge is 2.32. The molecule has 32 heavy (non-hydrogen) atoms. The number of nitrogens with one attached hydrogen (secondary N) is 1. The fraction of sp³-hybridized carbons (Fsp3) is 0.318. The lowest BCUT2D eigenvalue weighted by Crippen LogP contribution is -2.42. The molecule has 168 valence electrons. The maximum atomic E-state index is 12.9. The minimum atomic E-state index is -3.58. The highest BCUT2D eigenvalue weighted by molar-refractivity contribution is 7.89. The van der Waals surface area contributed by atoms with Crippen molar-refractivity contribution in [1.82, 2.24) is 19.6 Å². The van der Waals surface area contributed by atoms with Gasteiger partial charge in [-0.15, -0.1) is 11.3 Å². The van der Waals surface area contributed by atoms with Crippen molar-refractivity contribution in [3.8, 4) is 17.0 Å². The van der Waals surface area contributed by atoms with Gasteiger partial charge in [0.1, 0.15) is 10.8 Å². The second-order valence-electron chi connectivity index (χ2n) is 7.43. The molecule has 3 heterocycles. The SMILES string of the molecule is COc1ccc(S(=O)(=O)N2CCC(C(=O)NCc3nc(-c4ccncc4)cs3)CC2)cc1. The number of methoxy groups -OCH3 is 1. The summed E-state index contributed by atoms with van der Waals surface area (Å²) in [5.74, 6) is 0.330. The number of nitrogens with zero attached hydrogens (tertiary/aromatic N) is 3. The van der Waals surface area contributed by atoms with Gasteiger partial charge in [0.2, 0.25) is 15.9 Å². The van der Waals surface area contributed by atoms with E-state index in [0.29, 0.717) is 38.2 Å². The van der Waals surface area contributed by atoms with Gasteiger partial charge >= 0.3 is 0 Å². The molecule has 0 aliphatic carbocycles. The number of amides is 1. The zero-order valence-electron chi connectivity index (χ0n) is 17.6. The normalized spacial score (nSPS) is 15.4. The maximum absolute atomic E-state index is 12.9. The molecule has 1 N–H and O–H groups in total. The summed E-state index contributed by atoms with van der Waals surface area (Å²) in [6, 6.07) is 10.1. The molecule has 1 aliphatic heterocycles. The van der Waals surface area contributed by atoms with Crippen LogP contribution in [0.5, 0.6) is 5.75 Å². The number of thiazole rings is 1. The van der Waals surface area contributed by atoms with E-state index in [-0.39, 0.29) is 16.7 Å². The molecule has 0 bridgehead atoms. The van der Waals surface area contributed by atoms with Gasteiger partial charge in [0.15, 0.2) is 0 Å². The number of hydrogen-bond donors (Lipinski definition) is 1. The van der Waals surface area contributed by atoms with Crippen molar-refractivity contribution in [3.63, 3.8) is 0 Å². The average Bonchev–Trinajstić information content (AvgIpc) is 3.32. The first-order valence-electron chi connectivity index (χ1n) is 10.2. The van der Waals surface area contributed by atoms with Crippen LogP contribution in [-0.4, -0.2) is 48.8 Å². The third-order valence-electron chi connectivity index (χ3n) is 5.46. The van der Waals surface area contributed by atoms with E-state index in [1.54, 1.807) is 36.7 Å². The van der Waals surface area contributed by atoms with Crippen LogP contribution in [0.15, 0.2) is 59.1 Å². The van der Waals surface area contributed by atoms with E-state index in [9.17, 15) is 13.2 Å². The Morgan fingerprint density at radius 1 is 1.16 bits per heavy atom. The fourth-order valence-electron chi connectivity index (χ4n) is 3.61. The van der Waals surface area contributed by atoms with Crippen LogP contribution >= 0.6 is 11.3 Å². The Morgan fingerprint density at radius 2 is 1.84 bits per heavy atom. The molecule has 0 radical (unpaired) electrons.